The summed E-state index contributed by atoms with van der Waals surface area (Å²) in [5.74, 6) is -0.382. The highest BCUT2D eigenvalue weighted by Crippen LogP contribution is 2.25. The minimum Gasteiger partial charge on any atom is -0.321 e. The van der Waals surface area contributed by atoms with Crippen molar-refractivity contribution in [2.24, 2.45) is 5.92 Å². The van der Waals surface area contributed by atoms with E-state index in [9.17, 15) is 13.6 Å². The Morgan fingerprint density at radius 1 is 1.20 bits per heavy atom. The van der Waals surface area contributed by atoms with E-state index in [1.54, 1.807) is 12.1 Å². The molecule has 0 saturated heterocycles. The maximum atomic E-state index is 13.2. The van der Waals surface area contributed by atoms with Crippen LogP contribution in [-0.2, 0) is 12.0 Å². The van der Waals surface area contributed by atoms with Gasteiger partial charge in [0.2, 0.25) is 0 Å². The fraction of sp³-hybridized carbons (Fsp3) is 0.474. The van der Waals surface area contributed by atoms with Crippen molar-refractivity contribution in [2.75, 3.05) is 5.32 Å². The molecule has 2 rings (SSSR count). The molecule has 0 aliphatic rings. The summed E-state index contributed by atoms with van der Waals surface area (Å²) in [6.07, 6.45) is -1.49. The molecule has 2 aromatic rings. The third-order valence-electron chi connectivity index (χ3n) is 3.80. The summed E-state index contributed by atoms with van der Waals surface area (Å²) < 4.78 is 27.9. The number of nitrogens with zero attached hydrogens (tertiary/aromatic N) is 2. The van der Waals surface area contributed by atoms with Crippen LogP contribution in [0.2, 0.25) is 0 Å². The van der Waals surface area contributed by atoms with Crippen LogP contribution in [0.15, 0.2) is 30.5 Å². The largest absolute Gasteiger partial charge is 0.321 e. The van der Waals surface area contributed by atoms with Crippen LogP contribution in [0.1, 0.15) is 62.7 Å². The average Bonchev–Trinajstić information content (AvgIpc) is 2.90. The van der Waals surface area contributed by atoms with Crippen molar-refractivity contribution in [3.05, 3.63) is 47.3 Å². The van der Waals surface area contributed by atoms with Crippen molar-refractivity contribution in [3.63, 3.8) is 0 Å². The predicted molar refractivity (Wildman–Crippen MR) is 95.1 cm³/mol. The van der Waals surface area contributed by atoms with Crippen molar-refractivity contribution in [2.45, 2.75) is 53.0 Å². The maximum Gasteiger partial charge on any atom is 0.276 e. The van der Waals surface area contributed by atoms with Gasteiger partial charge in [-0.15, -0.1) is 0 Å². The van der Waals surface area contributed by atoms with Gasteiger partial charge in [-0.2, -0.15) is 5.10 Å². The first-order valence-electron chi connectivity index (χ1n) is 8.35. The Kier molecular flexibility index (Phi) is 5.60. The number of rotatable bonds is 5. The number of alkyl halides is 2. The lowest BCUT2D eigenvalue weighted by Gasteiger charge is -2.19. The summed E-state index contributed by atoms with van der Waals surface area (Å²) in [5.41, 5.74) is 1.11. The zero-order chi connectivity index (χ0) is 18.8. The number of aromatic nitrogens is 2. The molecule has 1 aromatic carbocycles. The van der Waals surface area contributed by atoms with Crippen molar-refractivity contribution in [3.8, 4) is 0 Å². The summed E-state index contributed by atoms with van der Waals surface area (Å²) in [4.78, 5) is 12.4. The summed E-state index contributed by atoms with van der Waals surface area (Å²) in [6.45, 7) is 10.7. The number of halogens is 2. The normalized spacial score (nSPS) is 12.0. The number of benzene rings is 1. The molecule has 0 fully saturated rings. The van der Waals surface area contributed by atoms with E-state index < -0.39 is 12.3 Å². The molecule has 0 saturated carbocycles. The quantitative estimate of drug-likeness (QED) is 0.823. The Labute approximate surface area is 147 Å². The predicted octanol–water partition coefficient (Wildman–Crippen LogP) is 5.03. The molecule has 0 aliphatic heterocycles. The first-order chi connectivity index (χ1) is 11.6. The van der Waals surface area contributed by atoms with E-state index in [1.807, 2.05) is 26.0 Å². The highest BCUT2D eigenvalue weighted by atomic mass is 19.3. The van der Waals surface area contributed by atoms with E-state index in [0.717, 1.165) is 5.56 Å². The first-order valence-corrected chi connectivity index (χ1v) is 8.35. The average molecular weight is 349 g/mol. The standard InChI is InChI=1S/C19H25F2N3O/c1-12(2)10-24-11-15(17(20)21)16(23-24)18(25)22-14-8-6-13(7-9-14)19(3,4)5/h6-9,11-12,17H,10H2,1-5H3,(H,22,25). The fourth-order valence-electron chi connectivity index (χ4n) is 2.48. The van der Waals surface area contributed by atoms with Crippen LogP contribution >= 0.6 is 0 Å². The molecule has 0 unspecified atom stereocenters. The van der Waals surface area contributed by atoms with Gasteiger partial charge in [-0.3, -0.25) is 9.48 Å². The number of anilines is 1. The summed E-state index contributed by atoms with van der Waals surface area (Å²) in [5, 5.41) is 6.70. The Bertz CT molecular complexity index is 728. The second-order valence-corrected chi connectivity index (χ2v) is 7.63. The van der Waals surface area contributed by atoms with E-state index in [2.05, 4.69) is 31.2 Å². The number of hydrogen-bond donors (Lipinski definition) is 1. The molecule has 25 heavy (non-hydrogen) atoms. The monoisotopic (exact) mass is 349 g/mol. The smallest absolute Gasteiger partial charge is 0.276 e. The van der Waals surface area contributed by atoms with Gasteiger partial charge in [0, 0.05) is 18.4 Å². The molecule has 0 bridgehead atoms. The SMILES string of the molecule is CC(C)Cn1cc(C(F)F)c(C(=O)Nc2ccc(C(C)(C)C)cc2)n1. The Balaban J connectivity index is 2.21. The zero-order valence-corrected chi connectivity index (χ0v) is 15.3. The topological polar surface area (TPSA) is 46.9 Å². The molecule has 136 valence electrons. The second kappa shape index (κ2) is 7.33. The van der Waals surface area contributed by atoms with Gasteiger partial charge in [-0.25, -0.2) is 8.78 Å². The van der Waals surface area contributed by atoms with E-state index >= 15 is 0 Å². The number of amides is 1. The number of carbonyl (C=O) groups is 1. The van der Waals surface area contributed by atoms with Gasteiger partial charge < -0.3 is 5.32 Å². The van der Waals surface area contributed by atoms with Gasteiger partial charge in [-0.05, 0) is 29.0 Å². The van der Waals surface area contributed by atoms with Crippen LogP contribution in [-0.4, -0.2) is 15.7 Å². The lowest BCUT2D eigenvalue weighted by Crippen LogP contribution is -2.16. The number of hydrogen-bond acceptors (Lipinski definition) is 2. The Morgan fingerprint density at radius 2 is 1.80 bits per heavy atom. The van der Waals surface area contributed by atoms with Crippen molar-refractivity contribution < 1.29 is 13.6 Å². The molecule has 1 amide bonds. The minimum atomic E-state index is -2.75. The molecule has 4 nitrogen and oxygen atoms in total. The third kappa shape index (κ3) is 4.87. The van der Waals surface area contributed by atoms with Gasteiger partial charge >= 0.3 is 0 Å². The Morgan fingerprint density at radius 3 is 2.28 bits per heavy atom. The van der Waals surface area contributed by atoms with Crippen molar-refractivity contribution in [1.29, 1.82) is 0 Å². The lowest BCUT2D eigenvalue weighted by molar-refractivity contribution is 0.100. The molecule has 0 atom stereocenters. The summed E-state index contributed by atoms with van der Waals surface area (Å²) in [7, 11) is 0. The van der Waals surface area contributed by atoms with E-state index in [-0.39, 0.29) is 22.6 Å². The maximum absolute atomic E-state index is 13.2. The molecule has 1 N–H and O–H groups in total. The molecule has 0 aliphatic carbocycles. The fourth-order valence-corrected chi connectivity index (χ4v) is 2.48. The van der Waals surface area contributed by atoms with Crippen LogP contribution in [0.3, 0.4) is 0 Å². The first kappa shape index (κ1) is 19.1. The Hall–Kier alpha value is -2.24. The number of carbonyl (C=O) groups excluding carboxylic acids is 1. The van der Waals surface area contributed by atoms with Gasteiger partial charge in [-0.1, -0.05) is 46.8 Å². The van der Waals surface area contributed by atoms with Gasteiger partial charge in [0.05, 0.1) is 5.56 Å². The van der Waals surface area contributed by atoms with Gasteiger partial charge in [0.15, 0.2) is 5.69 Å². The summed E-state index contributed by atoms with van der Waals surface area (Å²) in [6, 6.07) is 7.37. The van der Waals surface area contributed by atoms with E-state index in [4.69, 9.17) is 0 Å². The molecular formula is C19H25F2N3O. The highest BCUT2D eigenvalue weighted by Gasteiger charge is 2.23. The van der Waals surface area contributed by atoms with E-state index in [0.29, 0.717) is 12.2 Å². The molecule has 0 spiro atoms. The minimum absolute atomic E-state index is 0.000997. The van der Waals surface area contributed by atoms with Gasteiger partial charge in [0.25, 0.3) is 12.3 Å². The zero-order valence-electron chi connectivity index (χ0n) is 15.3. The van der Waals surface area contributed by atoms with Crippen molar-refractivity contribution >= 4 is 11.6 Å². The molecule has 1 heterocycles. The van der Waals surface area contributed by atoms with Gasteiger partial charge in [0.1, 0.15) is 0 Å². The molecule has 1 aromatic heterocycles. The van der Waals surface area contributed by atoms with Crippen LogP contribution < -0.4 is 5.32 Å². The van der Waals surface area contributed by atoms with Crippen molar-refractivity contribution in [1.82, 2.24) is 9.78 Å². The van der Waals surface area contributed by atoms with Crippen LogP contribution in [0, 0.1) is 5.92 Å². The second-order valence-electron chi connectivity index (χ2n) is 7.63. The highest BCUT2D eigenvalue weighted by molar-refractivity contribution is 6.03. The number of nitrogens with one attached hydrogen (secondary N) is 1. The molecule has 6 heteroatoms. The lowest BCUT2D eigenvalue weighted by atomic mass is 9.87. The van der Waals surface area contributed by atoms with Crippen LogP contribution in [0.25, 0.3) is 0 Å². The van der Waals surface area contributed by atoms with Crippen LogP contribution in [0.4, 0.5) is 14.5 Å². The van der Waals surface area contributed by atoms with E-state index in [1.165, 1.54) is 10.9 Å². The van der Waals surface area contributed by atoms with Crippen LogP contribution in [0.5, 0.6) is 0 Å². The molecule has 0 radical (unpaired) electrons. The third-order valence-corrected chi connectivity index (χ3v) is 3.80. The molecular weight excluding hydrogens is 324 g/mol. The summed E-state index contributed by atoms with van der Waals surface area (Å²) >= 11 is 0.